The first-order valence-electron chi connectivity index (χ1n) is 8.61. The zero-order valence-electron chi connectivity index (χ0n) is 14.2. The minimum absolute atomic E-state index is 0.0257. The minimum Gasteiger partial charge on any atom is -0.493 e. The molecule has 3 heterocycles. The van der Waals surface area contributed by atoms with Gasteiger partial charge in [-0.3, -0.25) is 4.90 Å². The summed E-state index contributed by atoms with van der Waals surface area (Å²) >= 11 is 0. The first-order valence-corrected chi connectivity index (χ1v) is 8.61. The van der Waals surface area contributed by atoms with E-state index in [9.17, 15) is 0 Å². The van der Waals surface area contributed by atoms with Gasteiger partial charge in [-0.1, -0.05) is 17.3 Å². The van der Waals surface area contributed by atoms with E-state index < -0.39 is 0 Å². The normalized spacial score (nSPS) is 23.9. The summed E-state index contributed by atoms with van der Waals surface area (Å²) in [5.74, 6) is 2.36. The molecule has 0 unspecified atom stereocenters. The average Bonchev–Trinajstić information content (AvgIpc) is 3.21. The molecule has 0 radical (unpaired) electrons. The molecule has 0 bridgehead atoms. The van der Waals surface area contributed by atoms with Crippen molar-refractivity contribution in [2.45, 2.75) is 38.8 Å². The predicted molar refractivity (Wildman–Crippen MR) is 88.1 cm³/mol. The van der Waals surface area contributed by atoms with Crippen LogP contribution in [0.3, 0.4) is 0 Å². The fraction of sp³-hybridized carbons (Fsp3) is 0.556. The molecule has 2 aliphatic heterocycles. The quantitative estimate of drug-likeness (QED) is 0.858. The maximum Gasteiger partial charge on any atom is 0.246 e. The van der Waals surface area contributed by atoms with Crippen LogP contribution in [0.1, 0.15) is 35.8 Å². The van der Waals surface area contributed by atoms with Gasteiger partial charge in [0.2, 0.25) is 5.89 Å². The number of rotatable bonds is 4. The summed E-state index contributed by atoms with van der Waals surface area (Å²) in [7, 11) is 0. The van der Waals surface area contributed by atoms with Gasteiger partial charge in [0.1, 0.15) is 11.8 Å². The van der Waals surface area contributed by atoms with E-state index in [-0.39, 0.29) is 12.1 Å². The van der Waals surface area contributed by atoms with Crippen LogP contribution in [0.5, 0.6) is 5.75 Å². The molecule has 24 heavy (non-hydrogen) atoms. The van der Waals surface area contributed by atoms with Gasteiger partial charge in [0, 0.05) is 19.5 Å². The Morgan fingerprint density at radius 1 is 1.29 bits per heavy atom. The third kappa shape index (κ3) is 3.03. The smallest absolute Gasteiger partial charge is 0.246 e. The average molecular weight is 329 g/mol. The number of nitrogens with zero attached hydrogens (tertiary/aromatic N) is 3. The number of ether oxygens (including phenoxy) is 2. The highest BCUT2D eigenvalue weighted by molar-refractivity contribution is 5.39. The van der Waals surface area contributed by atoms with Crippen molar-refractivity contribution in [1.29, 1.82) is 0 Å². The summed E-state index contributed by atoms with van der Waals surface area (Å²) in [6, 6.07) is 6.56. The highest BCUT2D eigenvalue weighted by Gasteiger charge is 2.34. The first-order chi connectivity index (χ1) is 11.7. The Morgan fingerprint density at radius 3 is 3.04 bits per heavy atom. The minimum atomic E-state index is 0.0257. The summed E-state index contributed by atoms with van der Waals surface area (Å²) < 4.78 is 16.8. The second kappa shape index (κ2) is 6.53. The Labute approximate surface area is 141 Å². The molecule has 128 valence electrons. The molecule has 1 aromatic carbocycles. The summed E-state index contributed by atoms with van der Waals surface area (Å²) in [4.78, 5) is 6.81. The molecule has 0 N–H and O–H groups in total. The Balaban J connectivity index is 1.47. The van der Waals surface area contributed by atoms with Crippen molar-refractivity contribution >= 4 is 0 Å². The van der Waals surface area contributed by atoms with Gasteiger partial charge in [-0.05, 0) is 37.5 Å². The lowest BCUT2D eigenvalue weighted by molar-refractivity contribution is -0.0723. The van der Waals surface area contributed by atoms with E-state index in [1.54, 1.807) is 0 Å². The SMILES string of the molecule is Cc1noc([C@@H]2[C@@H](C)OCCN2CCc2ccc3c(c2)CCO3)n1. The number of morpholine rings is 1. The van der Waals surface area contributed by atoms with E-state index >= 15 is 0 Å². The van der Waals surface area contributed by atoms with Crippen molar-refractivity contribution in [2.75, 3.05) is 26.3 Å². The second-order valence-electron chi connectivity index (χ2n) is 6.53. The molecule has 4 rings (SSSR count). The van der Waals surface area contributed by atoms with E-state index in [1.165, 1.54) is 11.1 Å². The molecule has 6 nitrogen and oxygen atoms in total. The number of aryl methyl sites for hydroxylation is 1. The number of hydrogen-bond acceptors (Lipinski definition) is 6. The van der Waals surface area contributed by atoms with Crippen LogP contribution in [0.4, 0.5) is 0 Å². The van der Waals surface area contributed by atoms with Crippen LogP contribution in [0.15, 0.2) is 22.7 Å². The Kier molecular flexibility index (Phi) is 4.24. The van der Waals surface area contributed by atoms with Gasteiger partial charge in [-0.25, -0.2) is 0 Å². The van der Waals surface area contributed by atoms with Crippen LogP contribution in [0.25, 0.3) is 0 Å². The topological polar surface area (TPSA) is 60.6 Å². The Hall–Kier alpha value is -1.92. The Morgan fingerprint density at radius 2 is 2.21 bits per heavy atom. The van der Waals surface area contributed by atoms with E-state index in [0.29, 0.717) is 11.7 Å². The van der Waals surface area contributed by atoms with Crippen molar-refractivity contribution in [3.8, 4) is 5.75 Å². The van der Waals surface area contributed by atoms with Crippen LogP contribution < -0.4 is 4.74 Å². The zero-order chi connectivity index (χ0) is 16.5. The van der Waals surface area contributed by atoms with Crippen LogP contribution >= 0.6 is 0 Å². The van der Waals surface area contributed by atoms with E-state index in [4.69, 9.17) is 14.0 Å². The lowest BCUT2D eigenvalue weighted by Gasteiger charge is -2.37. The van der Waals surface area contributed by atoms with Crippen molar-refractivity contribution in [2.24, 2.45) is 0 Å². The summed E-state index contributed by atoms with van der Waals surface area (Å²) in [5, 5.41) is 3.94. The van der Waals surface area contributed by atoms with Crippen molar-refractivity contribution < 1.29 is 14.0 Å². The van der Waals surface area contributed by atoms with Crippen molar-refractivity contribution in [1.82, 2.24) is 15.0 Å². The number of fused-ring (bicyclic) bond motifs is 1. The molecule has 0 saturated carbocycles. The molecule has 2 aliphatic rings. The van der Waals surface area contributed by atoms with Gasteiger partial charge in [-0.2, -0.15) is 4.98 Å². The summed E-state index contributed by atoms with van der Waals surface area (Å²) in [6.07, 6.45) is 2.05. The van der Waals surface area contributed by atoms with E-state index in [0.717, 1.165) is 44.9 Å². The van der Waals surface area contributed by atoms with Gasteiger partial charge >= 0.3 is 0 Å². The molecule has 0 aliphatic carbocycles. The molecule has 0 amide bonds. The van der Waals surface area contributed by atoms with Gasteiger partial charge in [0.25, 0.3) is 0 Å². The molecular weight excluding hydrogens is 306 g/mol. The fourth-order valence-corrected chi connectivity index (χ4v) is 3.59. The van der Waals surface area contributed by atoms with Crippen LogP contribution in [-0.4, -0.2) is 47.4 Å². The van der Waals surface area contributed by atoms with Crippen LogP contribution in [0, 0.1) is 6.92 Å². The van der Waals surface area contributed by atoms with Gasteiger partial charge in [0.05, 0.1) is 19.3 Å². The maximum absolute atomic E-state index is 5.81. The van der Waals surface area contributed by atoms with Crippen LogP contribution in [0.2, 0.25) is 0 Å². The zero-order valence-corrected chi connectivity index (χ0v) is 14.2. The van der Waals surface area contributed by atoms with Gasteiger partial charge in [-0.15, -0.1) is 0 Å². The largest absolute Gasteiger partial charge is 0.493 e. The first kappa shape index (κ1) is 15.6. The molecule has 1 fully saturated rings. The van der Waals surface area contributed by atoms with Crippen molar-refractivity contribution in [3.05, 3.63) is 41.0 Å². The molecular formula is C18H23N3O3. The second-order valence-corrected chi connectivity index (χ2v) is 6.53. The fourth-order valence-electron chi connectivity index (χ4n) is 3.59. The maximum atomic E-state index is 5.81. The highest BCUT2D eigenvalue weighted by Crippen LogP contribution is 2.29. The van der Waals surface area contributed by atoms with Gasteiger partial charge < -0.3 is 14.0 Å². The molecule has 1 saturated heterocycles. The highest BCUT2D eigenvalue weighted by atomic mass is 16.5. The number of hydrogen-bond donors (Lipinski definition) is 0. The van der Waals surface area contributed by atoms with Crippen molar-refractivity contribution in [3.63, 3.8) is 0 Å². The number of aromatic nitrogens is 2. The predicted octanol–water partition coefficient (Wildman–Crippen LogP) is 2.32. The summed E-state index contributed by atoms with van der Waals surface area (Å²) in [6.45, 7) is 7.28. The lowest BCUT2D eigenvalue weighted by Crippen LogP contribution is -2.45. The number of benzene rings is 1. The molecule has 2 aromatic rings. The summed E-state index contributed by atoms with van der Waals surface area (Å²) in [5.41, 5.74) is 2.67. The van der Waals surface area contributed by atoms with E-state index in [2.05, 4.69) is 40.2 Å². The monoisotopic (exact) mass is 329 g/mol. The third-order valence-electron chi connectivity index (χ3n) is 4.84. The molecule has 6 heteroatoms. The van der Waals surface area contributed by atoms with Crippen LogP contribution in [-0.2, 0) is 17.6 Å². The molecule has 0 spiro atoms. The van der Waals surface area contributed by atoms with Gasteiger partial charge in [0.15, 0.2) is 5.82 Å². The van der Waals surface area contributed by atoms with E-state index in [1.807, 2.05) is 6.92 Å². The lowest BCUT2D eigenvalue weighted by atomic mass is 10.0. The Bertz CT molecular complexity index is 715. The third-order valence-corrected chi connectivity index (χ3v) is 4.84. The standard InChI is InChI=1S/C18H23N3O3/c1-12-17(18-19-13(2)20-24-18)21(8-10-22-12)7-5-14-3-4-16-15(11-14)6-9-23-16/h3-4,11-12,17H,5-10H2,1-2H3/t12-,17+/m1/s1. The molecule has 1 aromatic heterocycles. The molecule has 2 atom stereocenters.